The fourth-order valence-corrected chi connectivity index (χ4v) is 4.27. The molecule has 2 aromatic heterocycles. The second-order valence-electron chi connectivity index (χ2n) is 7.47. The zero-order valence-electron chi connectivity index (χ0n) is 17.4. The molecule has 1 aliphatic carbocycles. The number of aliphatic imine (C=N–C) groups is 1. The van der Waals surface area contributed by atoms with Crippen molar-refractivity contribution in [3.05, 3.63) is 47.0 Å². The number of nitriles is 1. The van der Waals surface area contributed by atoms with E-state index in [-0.39, 0.29) is 28.5 Å². The van der Waals surface area contributed by atoms with Crippen LogP contribution < -0.4 is 0 Å². The molecule has 1 unspecified atom stereocenters. The van der Waals surface area contributed by atoms with Gasteiger partial charge in [-0.3, -0.25) is 9.97 Å². The first-order valence-corrected chi connectivity index (χ1v) is 11.5. The predicted molar refractivity (Wildman–Crippen MR) is 111 cm³/mol. The molecule has 1 aliphatic rings. The number of pyridine rings is 2. The van der Waals surface area contributed by atoms with Crippen molar-refractivity contribution in [3.63, 3.8) is 0 Å². The van der Waals surface area contributed by atoms with Crippen LogP contribution in [0.1, 0.15) is 55.6 Å². The molecule has 31 heavy (non-hydrogen) atoms. The summed E-state index contributed by atoms with van der Waals surface area (Å²) in [5, 5.41) is 9.48. The van der Waals surface area contributed by atoms with E-state index in [0.717, 1.165) is 12.3 Å². The Morgan fingerprint density at radius 3 is 2.48 bits per heavy atom. The molecule has 0 spiro atoms. The van der Waals surface area contributed by atoms with E-state index < -0.39 is 26.9 Å². The number of hydrogen-bond donors (Lipinski definition) is 1. The standard InChI is InChI=1S/C21H22F3N5OS/c1-4-16(29-17-8-15(21(22,23)24)11-27-13(17)3)19-18(31(26,30)5-2)9-14(10-28-19)20(12-25)6-7-20/h8-11,26H,4-7H2,1-3H3. The lowest BCUT2D eigenvalue weighted by molar-refractivity contribution is -0.137. The SMILES string of the molecule is CCC(=Nc1cc(C(F)(F)F)cnc1C)c1ncc(C2(C#N)CC2)cc1S(=N)(=O)CC. The molecule has 2 heterocycles. The summed E-state index contributed by atoms with van der Waals surface area (Å²) in [5.41, 5.74) is -0.130. The summed E-state index contributed by atoms with van der Waals surface area (Å²) in [6.45, 7) is 4.92. The van der Waals surface area contributed by atoms with Crippen LogP contribution >= 0.6 is 0 Å². The van der Waals surface area contributed by atoms with Gasteiger partial charge in [0.15, 0.2) is 0 Å². The Bertz CT molecular complexity index is 1190. The highest BCUT2D eigenvalue weighted by atomic mass is 32.2. The topological polar surface area (TPSA) is 103 Å². The summed E-state index contributed by atoms with van der Waals surface area (Å²) >= 11 is 0. The van der Waals surface area contributed by atoms with E-state index in [9.17, 15) is 22.6 Å². The van der Waals surface area contributed by atoms with E-state index >= 15 is 0 Å². The summed E-state index contributed by atoms with van der Waals surface area (Å²) < 4.78 is 60.7. The zero-order valence-corrected chi connectivity index (χ0v) is 18.2. The molecular weight excluding hydrogens is 427 g/mol. The lowest BCUT2D eigenvalue weighted by Gasteiger charge is -2.16. The Morgan fingerprint density at radius 2 is 1.97 bits per heavy atom. The van der Waals surface area contributed by atoms with Crippen molar-refractivity contribution in [1.82, 2.24) is 9.97 Å². The van der Waals surface area contributed by atoms with Gasteiger partial charge in [0.2, 0.25) is 0 Å². The minimum Gasteiger partial charge on any atom is -0.259 e. The van der Waals surface area contributed by atoms with Crippen LogP contribution in [-0.4, -0.2) is 25.6 Å². The third-order valence-electron chi connectivity index (χ3n) is 5.38. The highest BCUT2D eigenvalue weighted by Crippen LogP contribution is 2.48. The number of alkyl halides is 3. The average Bonchev–Trinajstić information content (AvgIpc) is 3.53. The number of aryl methyl sites for hydroxylation is 1. The van der Waals surface area contributed by atoms with Crippen molar-refractivity contribution >= 4 is 21.1 Å². The Balaban J connectivity index is 2.20. The van der Waals surface area contributed by atoms with Crippen molar-refractivity contribution in [2.45, 2.75) is 56.5 Å². The second-order valence-corrected chi connectivity index (χ2v) is 9.83. The van der Waals surface area contributed by atoms with Crippen LogP contribution in [0.4, 0.5) is 18.9 Å². The van der Waals surface area contributed by atoms with Gasteiger partial charge in [-0.05, 0) is 43.9 Å². The van der Waals surface area contributed by atoms with E-state index in [1.54, 1.807) is 26.8 Å². The highest BCUT2D eigenvalue weighted by molar-refractivity contribution is 7.92. The Kier molecular flexibility index (Phi) is 5.93. The molecule has 0 amide bonds. The third kappa shape index (κ3) is 4.46. The van der Waals surface area contributed by atoms with Crippen LogP contribution in [0.25, 0.3) is 0 Å². The second kappa shape index (κ2) is 8.04. The molecule has 0 saturated heterocycles. The zero-order chi connectivity index (χ0) is 23.0. The normalized spacial score (nSPS) is 17.6. The molecular formula is C21H22F3N5OS. The number of nitrogens with one attached hydrogen (secondary N) is 1. The van der Waals surface area contributed by atoms with Crippen molar-refractivity contribution in [3.8, 4) is 6.07 Å². The van der Waals surface area contributed by atoms with Crippen LogP contribution in [0, 0.1) is 23.0 Å². The Labute approximate surface area is 179 Å². The summed E-state index contributed by atoms with van der Waals surface area (Å²) in [6.07, 6.45) is -0.669. The molecule has 164 valence electrons. The molecule has 1 saturated carbocycles. The molecule has 0 aromatic carbocycles. The first-order valence-electron chi connectivity index (χ1n) is 9.77. The minimum atomic E-state index is -4.56. The van der Waals surface area contributed by atoms with E-state index in [1.807, 2.05) is 0 Å². The van der Waals surface area contributed by atoms with Gasteiger partial charge in [-0.15, -0.1) is 0 Å². The predicted octanol–water partition coefficient (Wildman–Crippen LogP) is 5.32. The molecule has 1 N–H and O–H groups in total. The largest absolute Gasteiger partial charge is 0.417 e. The van der Waals surface area contributed by atoms with Crippen molar-refractivity contribution in [1.29, 1.82) is 10.0 Å². The third-order valence-corrected chi connectivity index (χ3v) is 7.22. The van der Waals surface area contributed by atoms with Gasteiger partial charge in [-0.2, -0.15) is 18.4 Å². The molecule has 3 rings (SSSR count). The van der Waals surface area contributed by atoms with Gasteiger partial charge in [0.1, 0.15) is 5.69 Å². The summed E-state index contributed by atoms with van der Waals surface area (Å²) in [5.74, 6) is 0.0336. The average molecular weight is 450 g/mol. The number of halogens is 3. The van der Waals surface area contributed by atoms with Crippen molar-refractivity contribution < 1.29 is 17.4 Å². The van der Waals surface area contributed by atoms with Crippen LogP contribution in [0.3, 0.4) is 0 Å². The quantitative estimate of drug-likeness (QED) is 0.603. The Morgan fingerprint density at radius 1 is 1.29 bits per heavy atom. The van der Waals surface area contributed by atoms with Gasteiger partial charge in [0.25, 0.3) is 0 Å². The van der Waals surface area contributed by atoms with Gasteiger partial charge in [-0.25, -0.2) is 14.0 Å². The fraction of sp³-hybridized carbons (Fsp3) is 0.429. The molecule has 0 bridgehead atoms. The van der Waals surface area contributed by atoms with Gasteiger partial charge < -0.3 is 0 Å². The van der Waals surface area contributed by atoms with E-state index in [0.29, 0.717) is 29.8 Å². The van der Waals surface area contributed by atoms with Crippen LogP contribution in [0.15, 0.2) is 34.4 Å². The maximum Gasteiger partial charge on any atom is 0.417 e. The maximum atomic E-state index is 13.1. The monoisotopic (exact) mass is 449 g/mol. The molecule has 2 aromatic rings. The first-order chi connectivity index (χ1) is 14.5. The van der Waals surface area contributed by atoms with E-state index in [4.69, 9.17) is 4.78 Å². The minimum absolute atomic E-state index is 0.0336. The number of hydrogen-bond acceptors (Lipinski definition) is 6. The number of rotatable bonds is 6. The van der Waals surface area contributed by atoms with E-state index in [2.05, 4.69) is 21.0 Å². The van der Waals surface area contributed by atoms with Crippen LogP contribution in [-0.2, 0) is 21.3 Å². The van der Waals surface area contributed by atoms with Gasteiger partial charge >= 0.3 is 6.18 Å². The van der Waals surface area contributed by atoms with Crippen LogP contribution in [0.5, 0.6) is 0 Å². The van der Waals surface area contributed by atoms with Crippen LogP contribution in [0.2, 0.25) is 0 Å². The number of nitrogens with zero attached hydrogens (tertiary/aromatic N) is 4. The van der Waals surface area contributed by atoms with Gasteiger partial charge in [0.05, 0.1) is 48.8 Å². The lowest BCUT2D eigenvalue weighted by atomic mass is 9.99. The van der Waals surface area contributed by atoms with Gasteiger partial charge in [0, 0.05) is 18.1 Å². The van der Waals surface area contributed by atoms with Crippen molar-refractivity contribution in [2.24, 2.45) is 4.99 Å². The summed E-state index contributed by atoms with van der Waals surface area (Å²) in [7, 11) is -3.23. The van der Waals surface area contributed by atoms with Crippen molar-refractivity contribution in [2.75, 3.05) is 5.75 Å². The molecule has 0 aliphatic heterocycles. The summed E-state index contributed by atoms with van der Waals surface area (Å²) in [6, 6.07) is 4.76. The molecule has 6 nitrogen and oxygen atoms in total. The molecule has 10 heteroatoms. The molecule has 0 radical (unpaired) electrons. The van der Waals surface area contributed by atoms with E-state index in [1.165, 1.54) is 6.20 Å². The summed E-state index contributed by atoms with van der Waals surface area (Å²) in [4.78, 5) is 12.7. The first kappa shape index (κ1) is 22.9. The smallest absolute Gasteiger partial charge is 0.259 e. The molecule has 1 fully saturated rings. The maximum absolute atomic E-state index is 13.1. The lowest BCUT2D eigenvalue weighted by Crippen LogP contribution is -2.15. The Hall–Kier alpha value is -2.80. The van der Waals surface area contributed by atoms with Gasteiger partial charge in [-0.1, -0.05) is 13.8 Å². The number of aromatic nitrogens is 2. The highest BCUT2D eigenvalue weighted by Gasteiger charge is 2.45. The fourth-order valence-electron chi connectivity index (χ4n) is 3.15. The molecule has 1 atom stereocenters.